The molecular weight excluding hydrogens is 268 g/mol. The summed E-state index contributed by atoms with van der Waals surface area (Å²) in [6, 6.07) is 0. The highest BCUT2D eigenvalue weighted by Gasteiger charge is 2.26. The van der Waals surface area contributed by atoms with E-state index in [1.165, 1.54) is 36.0 Å². The van der Waals surface area contributed by atoms with E-state index < -0.39 is 0 Å². The smallest absolute Gasteiger partial charge is 0.146 e. The van der Waals surface area contributed by atoms with Crippen molar-refractivity contribution in [2.24, 2.45) is 5.41 Å². The van der Waals surface area contributed by atoms with Crippen molar-refractivity contribution in [2.45, 2.75) is 60.8 Å². The van der Waals surface area contributed by atoms with Gasteiger partial charge in [-0.3, -0.25) is 4.79 Å². The number of carbonyl (C=O) groups is 1. The maximum Gasteiger partial charge on any atom is 0.146 e. The monoisotopic (exact) mass is 298 g/mol. The summed E-state index contributed by atoms with van der Waals surface area (Å²) in [7, 11) is 0. The van der Waals surface area contributed by atoms with Gasteiger partial charge in [0, 0.05) is 0 Å². The molecule has 120 valence electrons. The van der Waals surface area contributed by atoms with Crippen LogP contribution in [0.2, 0.25) is 0 Å². The Bertz CT molecular complexity index is 563. The molecule has 1 aliphatic rings. The molecule has 0 aromatic carbocycles. The fourth-order valence-electron chi connectivity index (χ4n) is 2.85. The van der Waals surface area contributed by atoms with E-state index in [9.17, 15) is 4.79 Å². The third-order valence-corrected chi connectivity index (χ3v) is 4.56. The summed E-state index contributed by atoms with van der Waals surface area (Å²) < 4.78 is 0. The van der Waals surface area contributed by atoms with Gasteiger partial charge in [0.05, 0.1) is 0 Å². The van der Waals surface area contributed by atoms with Gasteiger partial charge in [-0.1, -0.05) is 55.4 Å². The van der Waals surface area contributed by atoms with Crippen molar-refractivity contribution in [1.82, 2.24) is 0 Å². The largest absolute Gasteiger partial charge is 0.298 e. The summed E-state index contributed by atoms with van der Waals surface area (Å²) in [5, 5.41) is 0. The average molecular weight is 298 g/mol. The van der Waals surface area contributed by atoms with Gasteiger partial charge < -0.3 is 0 Å². The first-order valence-electron chi connectivity index (χ1n) is 8.14. The Kier molecular flexibility index (Phi) is 6.80. The number of hydrogen-bond donors (Lipinski definition) is 0. The molecule has 0 aromatic rings. The molecule has 0 bridgehead atoms. The molecule has 0 amide bonds. The summed E-state index contributed by atoms with van der Waals surface area (Å²) in [5.74, 6) is 0. The lowest BCUT2D eigenvalue weighted by Crippen LogP contribution is -2.19. The Morgan fingerprint density at radius 3 is 2.36 bits per heavy atom. The van der Waals surface area contributed by atoms with Crippen LogP contribution in [0.4, 0.5) is 0 Å². The molecule has 0 saturated carbocycles. The lowest BCUT2D eigenvalue weighted by atomic mass is 9.72. The average Bonchev–Trinajstić information content (AvgIpc) is 2.45. The first-order chi connectivity index (χ1) is 10.3. The van der Waals surface area contributed by atoms with Crippen LogP contribution in [-0.2, 0) is 4.79 Å². The number of rotatable bonds is 5. The minimum Gasteiger partial charge on any atom is -0.298 e. The second-order valence-corrected chi connectivity index (χ2v) is 7.02. The van der Waals surface area contributed by atoms with E-state index in [4.69, 9.17) is 0 Å². The van der Waals surface area contributed by atoms with Gasteiger partial charge in [-0.2, -0.15) is 0 Å². The molecular formula is C21H30O. The van der Waals surface area contributed by atoms with Crippen LogP contribution < -0.4 is 0 Å². The molecule has 0 fully saturated rings. The predicted octanol–water partition coefficient (Wildman–Crippen LogP) is 6.11. The molecule has 22 heavy (non-hydrogen) atoms. The van der Waals surface area contributed by atoms with E-state index in [0.29, 0.717) is 0 Å². The zero-order chi connectivity index (χ0) is 16.8. The summed E-state index contributed by atoms with van der Waals surface area (Å²) in [6.07, 6.45) is 15.2. The van der Waals surface area contributed by atoms with Gasteiger partial charge in [0.25, 0.3) is 0 Å². The van der Waals surface area contributed by atoms with Crippen molar-refractivity contribution in [3.05, 3.63) is 58.2 Å². The molecule has 0 radical (unpaired) electrons. The second-order valence-electron chi connectivity index (χ2n) is 7.02. The standard InChI is InChI=1S/C21H30O/c1-16(9-7-10-17(2)19(4)15-22)12-13-20-18(3)11-8-14-21(20,5)6/h7,9-10,12-13,15H,8,11,14H2,1-6H3/b10-7-,13-12-,16-9-,19-17-. The fourth-order valence-corrected chi connectivity index (χ4v) is 2.85. The third kappa shape index (κ3) is 5.29. The van der Waals surface area contributed by atoms with E-state index >= 15 is 0 Å². The fraction of sp³-hybridized carbons (Fsp3) is 0.476. The van der Waals surface area contributed by atoms with Crippen molar-refractivity contribution in [3.63, 3.8) is 0 Å². The maximum absolute atomic E-state index is 10.7. The number of hydrogen-bond acceptors (Lipinski definition) is 1. The van der Waals surface area contributed by atoms with Crippen LogP contribution in [0.15, 0.2) is 58.2 Å². The van der Waals surface area contributed by atoms with Crippen LogP contribution in [0.25, 0.3) is 0 Å². The Labute approximate surface area is 136 Å². The molecule has 0 N–H and O–H groups in total. The highest BCUT2D eigenvalue weighted by Crippen LogP contribution is 2.40. The summed E-state index contributed by atoms with van der Waals surface area (Å²) in [5.41, 5.74) is 6.31. The van der Waals surface area contributed by atoms with E-state index in [0.717, 1.165) is 17.4 Å². The van der Waals surface area contributed by atoms with Gasteiger partial charge in [0.2, 0.25) is 0 Å². The van der Waals surface area contributed by atoms with E-state index in [-0.39, 0.29) is 5.41 Å². The zero-order valence-corrected chi connectivity index (χ0v) is 15.0. The molecule has 0 atom stereocenters. The number of carbonyl (C=O) groups excluding carboxylic acids is 1. The molecule has 0 saturated heterocycles. The van der Waals surface area contributed by atoms with E-state index in [2.05, 4.69) is 45.9 Å². The quantitative estimate of drug-likeness (QED) is 0.340. The highest BCUT2D eigenvalue weighted by molar-refractivity contribution is 5.74. The van der Waals surface area contributed by atoms with Crippen LogP contribution in [-0.4, -0.2) is 6.29 Å². The summed E-state index contributed by atoms with van der Waals surface area (Å²) in [6.45, 7) is 12.8. The van der Waals surface area contributed by atoms with Crippen LogP contribution in [0.1, 0.15) is 60.8 Å². The normalized spacial score (nSPS) is 20.7. The predicted molar refractivity (Wildman–Crippen MR) is 96.8 cm³/mol. The van der Waals surface area contributed by atoms with Crippen molar-refractivity contribution < 1.29 is 4.79 Å². The SMILES string of the molecule is CC1=C(\C=C/C(C)=C\C=C/C(C)=C(/C)C=O)C(C)(C)CCC1. The Morgan fingerprint density at radius 1 is 1.09 bits per heavy atom. The Balaban J connectivity index is 2.84. The molecule has 0 spiro atoms. The second kappa shape index (κ2) is 8.12. The first-order valence-corrected chi connectivity index (χ1v) is 8.14. The first kappa shape index (κ1) is 18.4. The van der Waals surface area contributed by atoms with Gasteiger partial charge >= 0.3 is 0 Å². The maximum atomic E-state index is 10.7. The summed E-state index contributed by atoms with van der Waals surface area (Å²) in [4.78, 5) is 10.7. The molecule has 1 aliphatic carbocycles. The van der Waals surface area contributed by atoms with Gasteiger partial charge in [-0.15, -0.1) is 0 Å². The van der Waals surface area contributed by atoms with Crippen LogP contribution in [0, 0.1) is 5.41 Å². The molecule has 0 aliphatic heterocycles. The van der Waals surface area contributed by atoms with Crippen LogP contribution in [0.5, 0.6) is 0 Å². The van der Waals surface area contributed by atoms with Crippen molar-refractivity contribution in [3.8, 4) is 0 Å². The van der Waals surface area contributed by atoms with Crippen molar-refractivity contribution >= 4 is 6.29 Å². The Hall–Kier alpha value is -1.63. The zero-order valence-electron chi connectivity index (χ0n) is 15.0. The van der Waals surface area contributed by atoms with Crippen LogP contribution in [0.3, 0.4) is 0 Å². The van der Waals surface area contributed by atoms with Gasteiger partial charge in [0.1, 0.15) is 6.29 Å². The summed E-state index contributed by atoms with van der Waals surface area (Å²) >= 11 is 0. The van der Waals surface area contributed by atoms with Gasteiger partial charge in [0.15, 0.2) is 0 Å². The molecule has 1 heteroatoms. The third-order valence-electron chi connectivity index (χ3n) is 4.56. The number of aldehydes is 1. The van der Waals surface area contributed by atoms with Gasteiger partial charge in [-0.25, -0.2) is 0 Å². The minimum absolute atomic E-state index is 0.287. The molecule has 1 rings (SSSR count). The topological polar surface area (TPSA) is 17.1 Å². The molecule has 0 unspecified atom stereocenters. The van der Waals surface area contributed by atoms with Crippen LogP contribution >= 0.6 is 0 Å². The van der Waals surface area contributed by atoms with Gasteiger partial charge in [-0.05, 0) is 69.1 Å². The molecule has 0 aromatic heterocycles. The molecule has 0 heterocycles. The highest BCUT2D eigenvalue weighted by atomic mass is 16.1. The lowest BCUT2D eigenvalue weighted by molar-refractivity contribution is -0.104. The number of allylic oxidation sites excluding steroid dienone is 10. The minimum atomic E-state index is 0.287. The molecule has 1 nitrogen and oxygen atoms in total. The Morgan fingerprint density at radius 2 is 1.77 bits per heavy atom. The van der Waals surface area contributed by atoms with E-state index in [1.54, 1.807) is 0 Å². The van der Waals surface area contributed by atoms with E-state index in [1.807, 2.05) is 26.0 Å². The van der Waals surface area contributed by atoms with Crippen molar-refractivity contribution in [1.29, 1.82) is 0 Å². The lowest BCUT2D eigenvalue weighted by Gasteiger charge is -2.32. The van der Waals surface area contributed by atoms with Crippen molar-refractivity contribution in [2.75, 3.05) is 0 Å².